The summed E-state index contributed by atoms with van der Waals surface area (Å²) in [5, 5.41) is 0.624. The summed E-state index contributed by atoms with van der Waals surface area (Å²) in [5.41, 5.74) is 2.37. The predicted octanol–water partition coefficient (Wildman–Crippen LogP) is 4.71. The highest BCUT2D eigenvalue weighted by Crippen LogP contribution is 2.43. The molecule has 4 rings (SSSR count). The van der Waals surface area contributed by atoms with Crippen molar-refractivity contribution in [3.05, 3.63) is 65.9 Å². The van der Waals surface area contributed by atoms with Gasteiger partial charge in [0.25, 0.3) is 10.0 Å². The lowest BCUT2D eigenvalue weighted by atomic mass is 10.1. The number of thioether (sulfide) groups is 1. The fraction of sp³-hybridized carbons (Fsp3) is 0.150. The molecule has 144 valence electrons. The van der Waals surface area contributed by atoms with Crippen LogP contribution in [0.15, 0.2) is 70.7 Å². The van der Waals surface area contributed by atoms with Crippen molar-refractivity contribution in [2.75, 3.05) is 23.7 Å². The lowest BCUT2D eigenvalue weighted by Crippen LogP contribution is -2.35. The smallest absolute Gasteiger partial charge is 0.264 e. The Morgan fingerprint density at radius 3 is 2.64 bits per heavy atom. The van der Waals surface area contributed by atoms with Gasteiger partial charge in [0, 0.05) is 34.0 Å². The van der Waals surface area contributed by atoms with Crippen LogP contribution in [-0.2, 0) is 10.0 Å². The van der Waals surface area contributed by atoms with Gasteiger partial charge in [-0.15, -0.1) is 11.8 Å². The zero-order valence-electron chi connectivity index (χ0n) is 15.0. The zero-order valence-corrected chi connectivity index (χ0v) is 17.4. The van der Waals surface area contributed by atoms with Gasteiger partial charge in [-0.2, -0.15) is 0 Å². The molecule has 0 aliphatic carbocycles. The molecule has 0 bridgehead atoms. The highest BCUT2D eigenvalue weighted by atomic mass is 35.5. The number of benzene rings is 2. The number of nitrogens with zero attached hydrogens (tertiary/aromatic N) is 2. The number of ether oxygens (including phenoxy) is 1. The molecule has 0 amide bonds. The van der Waals surface area contributed by atoms with E-state index >= 15 is 0 Å². The van der Waals surface area contributed by atoms with Crippen LogP contribution < -0.4 is 9.04 Å². The molecule has 0 N–H and O–H groups in total. The Kier molecular flexibility index (Phi) is 5.23. The van der Waals surface area contributed by atoms with Crippen LogP contribution in [0.5, 0.6) is 5.75 Å². The number of fused-ring (bicyclic) bond motifs is 1. The van der Waals surface area contributed by atoms with Gasteiger partial charge in [0.15, 0.2) is 0 Å². The Balaban J connectivity index is 1.80. The van der Waals surface area contributed by atoms with Crippen LogP contribution in [0.1, 0.15) is 0 Å². The first-order chi connectivity index (χ1) is 13.5. The maximum absolute atomic E-state index is 13.3. The van der Waals surface area contributed by atoms with Gasteiger partial charge < -0.3 is 4.74 Å². The summed E-state index contributed by atoms with van der Waals surface area (Å²) in [7, 11) is -2.16. The van der Waals surface area contributed by atoms with E-state index in [2.05, 4.69) is 4.98 Å². The van der Waals surface area contributed by atoms with Crippen LogP contribution in [0.4, 0.5) is 5.69 Å². The summed E-state index contributed by atoms with van der Waals surface area (Å²) >= 11 is 7.77. The molecule has 2 aromatic carbocycles. The van der Waals surface area contributed by atoms with Crippen molar-refractivity contribution in [3.63, 3.8) is 0 Å². The molecule has 3 aromatic rings. The van der Waals surface area contributed by atoms with Gasteiger partial charge in [-0.1, -0.05) is 23.7 Å². The summed E-state index contributed by atoms with van der Waals surface area (Å²) in [6.07, 6.45) is 3.36. The molecule has 0 atom stereocenters. The molecule has 5 nitrogen and oxygen atoms in total. The van der Waals surface area contributed by atoms with Crippen LogP contribution in [-0.4, -0.2) is 32.8 Å². The summed E-state index contributed by atoms with van der Waals surface area (Å²) in [4.78, 5) is 5.42. The van der Waals surface area contributed by atoms with E-state index in [-0.39, 0.29) is 4.90 Å². The number of anilines is 1. The first-order valence-electron chi connectivity index (χ1n) is 8.54. The number of methoxy groups -OCH3 is 1. The second kappa shape index (κ2) is 7.66. The number of halogens is 1. The van der Waals surface area contributed by atoms with Crippen molar-refractivity contribution in [1.82, 2.24) is 4.98 Å². The molecular weight excluding hydrogens is 416 g/mol. The number of rotatable bonds is 4. The minimum absolute atomic E-state index is 0.222. The van der Waals surface area contributed by atoms with E-state index in [1.54, 1.807) is 61.6 Å². The minimum Gasteiger partial charge on any atom is -0.497 e. The van der Waals surface area contributed by atoms with E-state index < -0.39 is 10.0 Å². The van der Waals surface area contributed by atoms with Gasteiger partial charge in [-0.3, -0.25) is 9.29 Å². The van der Waals surface area contributed by atoms with Crippen molar-refractivity contribution >= 4 is 39.1 Å². The lowest BCUT2D eigenvalue weighted by Gasteiger charge is -2.31. The topological polar surface area (TPSA) is 59.5 Å². The van der Waals surface area contributed by atoms with Crippen LogP contribution in [0, 0.1) is 0 Å². The Hall–Kier alpha value is -2.22. The lowest BCUT2D eigenvalue weighted by molar-refractivity contribution is 0.414. The second-order valence-electron chi connectivity index (χ2n) is 6.15. The predicted molar refractivity (Wildman–Crippen MR) is 113 cm³/mol. The molecule has 1 aromatic heterocycles. The van der Waals surface area contributed by atoms with Crippen molar-refractivity contribution in [2.24, 2.45) is 0 Å². The van der Waals surface area contributed by atoms with Crippen LogP contribution >= 0.6 is 23.4 Å². The Morgan fingerprint density at radius 1 is 1.14 bits per heavy atom. The number of sulfonamides is 1. The average molecular weight is 433 g/mol. The van der Waals surface area contributed by atoms with Crippen LogP contribution in [0.3, 0.4) is 0 Å². The van der Waals surface area contributed by atoms with Crippen LogP contribution in [0.25, 0.3) is 11.1 Å². The van der Waals surface area contributed by atoms with Crippen molar-refractivity contribution in [1.29, 1.82) is 0 Å². The first-order valence-corrected chi connectivity index (χ1v) is 11.3. The first kappa shape index (κ1) is 19.1. The van der Waals surface area contributed by atoms with Gasteiger partial charge in [0.05, 0.1) is 23.9 Å². The van der Waals surface area contributed by atoms with Gasteiger partial charge in [-0.25, -0.2) is 8.42 Å². The standard InChI is InChI=1S/C20H17ClN2O3S2/c1-26-16-5-7-17(8-6-16)28(24,25)23-9-10-27-20-18(12-22-13-19(20)23)14-3-2-4-15(21)11-14/h2-8,11-13H,9-10H2,1H3. The van der Waals surface area contributed by atoms with Gasteiger partial charge in [0.1, 0.15) is 5.75 Å². The van der Waals surface area contributed by atoms with Crippen molar-refractivity contribution in [3.8, 4) is 16.9 Å². The average Bonchev–Trinajstić information content (AvgIpc) is 2.73. The van der Waals surface area contributed by atoms with E-state index in [9.17, 15) is 8.42 Å². The summed E-state index contributed by atoms with van der Waals surface area (Å²) < 4.78 is 33.1. The van der Waals surface area contributed by atoms with Gasteiger partial charge >= 0.3 is 0 Å². The Labute approximate surface area is 173 Å². The Bertz CT molecular complexity index is 1120. The third-order valence-electron chi connectivity index (χ3n) is 4.47. The third kappa shape index (κ3) is 3.45. The summed E-state index contributed by atoms with van der Waals surface area (Å²) in [6, 6.07) is 13.9. The molecule has 1 aliphatic rings. The molecular formula is C20H17ClN2O3S2. The Morgan fingerprint density at radius 2 is 1.93 bits per heavy atom. The molecule has 0 saturated carbocycles. The SMILES string of the molecule is COc1ccc(S(=O)(=O)N2CCSc3c(-c4cccc(Cl)c4)cncc32)cc1. The van der Waals surface area contributed by atoms with Gasteiger partial charge in [-0.05, 0) is 42.0 Å². The summed E-state index contributed by atoms with van der Waals surface area (Å²) in [5.74, 6) is 1.26. The van der Waals surface area contributed by atoms with Crippen molar-refractivity contribution < 1.29 is 13.2 Å². The highest BCUT2D eigenvalue weighted by molar-refractivity contribution is 8.00. The number of aromatic nitrogens is 1. The quantitative estimate of drug-likeness (QED) is 0.597. The molecule has 1 aliphatic heterocycles. The van der Waals surface area contributed by atoms with E-state index in [0.29, 0.717) is 28.8 Å². The minimum atomic E-state index is -3.71. The van der Waals surface area contributed by atoms with Crippen molar-refractivity contribution in [2.45, 2.75) is 9.79 Å². The van der Waals surface area contributed by atoms with Crippen LogP contribution in [0.2, 0.25) is 5.02 Å². The third-order valence-corrected chi connectivity index (χ3v) is 7.64. The molecule has 8 heteroatoms. The maximum atomic E-state index is 13.3. The summed E-state index contributed by atoms with van der Waals surface area (Å²) in [6.45, 7) is 0.382. The molecule has 0 radical (unpaired) electrons. The second-order valence-corrected chi connectivity index (χ2v) is 9.55. The van der Waals surface area contributed by atoms with E-state index in [0.717, 1.165) is 16.0 Å². The normalized spacial score (nSPS) is 13.9. The molecule has 28 heavy (non-hydrogen) atoms. The molecule has 0 saturated heterocycles. The molecule has 0 fully saturated rings. The van der Waals surface area contributed by atoms with Gasteiger partial charge in [0.2, 0.25) is 0 Å². The molecule has 2 heterocycles. The number of hydrogen-bond acceptors (Lipinski definition) is 5. The fourth-order valence-electron chi connectivity index (χ4n) is 3.10. The largest absolute Gasteiger partial charge is 0.497 e. The zero-order chi connectivity index (χ0) is 19.7. The number of pyridine rings is 1. The van der Waals surface area contributed by atoms with E-state index in [4.69, 9.17) is 16.3 Å². The monoisotopic (exact) mass is 432 g/mol. The highest BCUT2D eigenvalue weighted by Gasteiger charge is 2.31. The molecule has 0 spiro atoms. The number of hydrogen-bond donors (Lipinski definition) is 0. The fourth-order valence-corrected chi connectivity index (χ4v) is 6.05. The molecule has 0 unspecified atom stereocenters. The van der Waals surface area contributed by atoms with E-state index in [1.807, 2.05) is 18.2 Å². The van der Waals surface area contributed by atoms with E-state index in [1.165, 1.54) is 4.31 Å². The maximum Gasteiger partial charge on any atom is 0.264 e.